The fourth-order valence-corrected chi connectivity index (χ4v) is 3.14. The van der Waals surface area contributed by atoms with Crippen molar-refractivity contribution in [1.29, 1.82) is 0 Å². The topological polar surface area (TPSA) is 54.0 Å². The van der Waals surface area contributed by atoms with Gasteiger partial charge in [0.15, 0.2) is 0 Å². The highest BCUT2D eigenvalue weighted by Crippen LogP contribution is 2.27. The molecule has 0 aliphatic heterocycles. The fraction of sp³-hybridized carbons (Fsp3) is 0.217. The average molecular weight is 359 g/mol. The minimum atomic E-state index is -0.134. The van der Waals surface area contributed by atoms with Gasteiger partial charge in [-0.2, -0.15) is 0 Å². The Kier molecular flexibility index (Phi) is 6.99. The first kappa shape index (κ1) is 18.6. The molecule has 0 bridgehead atoms. The maximum absolute atomic E-state index is 12.0. The lowest BCUT2D eigenvalue weighted by Crippen LogP contribution is -2.37. The summed E-state index contributed by atoms with van der Waals surface area (Å²) in [5, 5.41) is 5.86. The molecule has 3 rings (SSSR count). The van der Waals surface area contributed by atoms with E-state index in [0.29, 0.717) is 13.1 Å². The van der Waals surface area contributed by atoms with Gasteiger partial charge < -0.3 is 10.6 Å². The molecule has 2 aromatic carbocycles. The lowest BCUT2D eigenvalue weighted by atomic mass is 9.88. The van der Waals surface area contributed by atoms with Crippen molar-refractivity contribution in [2.45, 2.75) is 18.8 Å². The Morgan fingerprint density at radius 1 is 0.778 bits per heavy atom. The summed E-state index contributed by atoms with van der Waals surface area (Å²) in [4.78, 5) is 16.3. The van der Waals surface area contributed by atoms with Crippen molar-refractivity contribution in [1.82, 2.24) is 15.6 Å². The monoisotopic (exact) mass is 359 g/mol. The number of nitrogens with one attached hydrogen (secondary N) is 2. The summed E-state index contributed by atoms with van der Waals surface area (Å²) in [6.45, 7) is 1.19. The molecule has 0 aliphatic carbocycles. The summed E-state index contributed by atoms with van der Waals surface area (Å²) < 4.78 is 0. The third kappa shape index (κ3) is 5.96. The van der Waals surface area contributed by atoms with Crippen LogP contribution in [0.4, 0.5) is 4.79 Å². The van der Waals surface area contributed by atoms with Crippen LogP contribution < -0.4 is 10.6 Å². The van der Waals surface area contributed by atoms with E-state index >= 15 is 0 Å². The number of hydrogen-bond acceptors (Lipinski definition) is 2. The third-order valence-electron chi connectivity index (χ3n) is 4.52. The molecule has 27 heavy (non-hydrogen) atoms. The smallest absolute Gasteiger partial charge is 0.314 e. The standard InChI is InChI=1S/C23H25N3O/c27-23(25-17-14-21-13-7-8-16-24-21)26-18-15-22(19-9-3-1-4-10-19)20-11-5-2-6-12-20/h1-13,16,22H,14-15,17-18H2,(H2,25,26,27). The first-order chi connectivity index (χ1) is 13.3. The predicted molar refractivity (Wildman–Crippen MR) is 109 cm³/mol. The Labute approximate surface area is 160 Å². The minimum Gasteiger partial charge on any atom is -0.338 e. The number of carbonyl (C=O) groups is 1. The number of urea groups is 1. The van der Waals surface area contributed by atoms with E-state index in [9.17, 15) is 4.79 Å². The van der Waals surface area contributed by atoms with Crippen molar-refractivity contribution in [3.8, 4) is 0 Å². The minimum absolute atomic E-state index is 0.134. The van der Waals surface area contributed by atoms with Gasteiger partial charge in [-0.25, -0.2) is 4.79 Å². The Morgan fingerprint density at radius 2 is 1.37 bits per heavy atom. The van der Waals surface area contributed by atoms with Gasteiger partial charge in [0.25, 0.3) is 0 Å². The predicted octanol–water partition coefficient (Wildman–Crippen LogP) is 4.15. The van der Waals surface area contributed by atoms with E-state index in [2.05, 4.69) is 64.1 Å². The molecule has 1 heterocycles. The van der Waals surface area contributed by atoms with Crippen LogP contribution in [0.1, 0.15) is 29.2 Å². The van der Waals surface area contributed by atoms with E-state index in [0.717, 1.165) is 18.5 Å². The molecular weight excluding hydrogens is 334 g/mol. The van der Waals surface area contributed by atoms with Crippen LogP contribution in [0.15, 0.2) is 85.1 Å². The quantitative estimate of drug-likeness (QED) is 0.635. The molecule has 0 saturated heterocycles. The molecule has 1 aromatic heterocycles. The van der Waals surface area contributed by atoms with Gasteiger partial charge >= 0.3 is 6.03 Å². The van der Waals surface area contributed by atoms with Gasteiger partial charge in [0.2, 0.25) is 0 Å². The van der Waals surface area contributed by atoms with Crippen molar-refractivity contribution in [2.75, 3.05) is 13.1 Å². The van der Waals surface area contributed by atoms with Gasteiger partial charge in [-0.15, -0.1) is 0 Å². The largest absolute Gasteiger partial charge is 0.338 e. The summed E-state index contributed by atoms with van der Waals surface area (Å²) in [6.07, 6.45) is 3.34. The van der Waals surface area contributed by atoms with Gasteiger partial charge in [-0.05, 0) is 29.7 Å². The highest BCUT2D eigenvalue weighted by Gasteiger charge is 2.14. The molecule has 0 spiro atoms. The Balaban J connectivity index is 1.48. The molecule has 2 N–H and O–H groups in total. The van der Waals surface area contributed by atoms with Crippen LogP contribution in [0, 0.1) is 0 Å². The lowest BCUT2D eigenvalue weighted by Gasteiger charge is -2.18. The molecule has 2 amide bonds. The van der Waals surface area contributed by atoms with E-state index in [4.69, 9.17) is 0 Å². The van der Waals surface area contributed by atoms with E-state index in [-0.39, 0.29) is 11.9 Å². The second-order valence-electron chi connectivity index (χ2n) is 6.42. The Morgan fingerprint density at radius 3 is 1.96 bits per heavy atom. The van der Waals surface area contributed by atoms with Crippen molar-refractivity contribution < 1.29 is 4.79 Å². The molecule has 3 aromatic rings. The number of carbonyl (C=O) groups excluding carboxylic acids is 1. The van der Waals surface area contributed by atoms with Crippen LogP contribution >= 0.6 is 0 Å². The molecular formula is C23H25N3O. The zero-order valence-corrected chi connectivity index (χ0v) is 15.3. The van der Waals surface area contributed by atoms with Crippen molar-refractivity contribution in [3.05, 3.63) is 102 Å². The number of pyridine rings is 1. The third-order valence-corrected chi connectivity index (χ3v) is 4.52. The maximum Gasteiger partial charge on any atom is 0.314 e. The first-order valence-corrected chi connectivity index (χ1v) is 9.34. The van der Waals surface area contributed by atoms with Gasteiger partial charge in [0.1, 0.15) is 0 Å². The highest BCUT2D eigenvalue weighted by atomic mass is 16.2. The molecule has 0 unspecified atom stereocenters. The first-order valence-electron chi connectivity index (χ1n) is 9.34. The highest BCUT2D eigenvalue weighted by molar-refractivity contribution is 5.73. The number of aromatic nitrogens is 1. The van der Waals surface area contributed by atoms with Crippen LogP contribution in [0.3, 0.4) is 0 Å². The fourth-order valence-electron chi connectivity index (χ4n) is 3.14. The summed E-state index contributed by atoms with van der Waals surface area (Å²) >= 11 is 0. The van der Waals surface area contributed by atoms with Gasteiger partial charge in [-0.3, -0.25) is 4.98 Å². The molecule has 4 heteroatoms. The number of benzene rings is 2. The molecule has 138 valence electrons. The van der Waals surface area contributed by atoms with Crippen LogP contribution in [0.25, 0.3) is 0 Å². The number of amides is 2. The zero-order chi connectivity index (χ0) is 18.7. The van der Waals surface area contributed by atoms with E-state index in [1.165, 1.54) is 11.1 Å². The lowest BCUT2D eigenvalue weighted by molar-refractivity contribution is 0.240. The Hall–Kier alpha value is -3.14. The average Bonchev–Trinajstić information content (AvgIpc) is 2.73. The summed E-state index contributed by atoms with van der Waals surface area (Å²) in [5.41, 5.74) is 3.51. The number of hydrogen-bond donors (Lipinski definition) is 2. The van der Waals surface area contributed by atoms with Crippen LogP contribution in [0.2, 0.25) is 0 Å². The van der Waals surface area contributed by atoms with Gasteiger partial charge in [0, 0.05) is 37.3 Å². The molecule has 0 fully saturated rings. The normalized spacial score (nSPS) is 10.6. The molecule has 0 radical (unpaired) electrons. The van der Waals surface area contributed by atoms with E-state index in [1.54, 1.807) is 6.20 Å². The SMILES string of the molecule is O=C(NCCc1ccccn1)NCCC(c1ccccc1)c1ccccc1. The summed E-state index contributed by atoms with van der Waals surface area (Å²) in [6, 6.07) is 26.5. The maximum atomic E-state index is 12.0. The van der Waals surface area contributed by atoms with E-state index in [1.807, 2.05) is 30.3 Å². The van der Waals surface area contributed by atoms with Crippen molar-refractivity contribution in [2.24, 2.45) is 0 Å². The van der Waals surface area contributed by atoms with Crippen molar-refractivity contribution >= 4 is 6.03 Å². The second kappa shape index (κ2) is 10.1. The van der Waals surface area contributed by atoms with Crippen LogP contribution in [-0.2, 0) is 6.42 Å². The van der Waals surface area contributed by atoms with Crippen molar-refractivity contribution in [3.63, 3.8) is 0 Å². The summed E-state index contributed by atoms with van der Waals surface area (Å²) in [5.74, 6) is 0.265. The molecule has 4 nitrogen and oxygen atoms in total. The second-order valence-corrected chi connectivity index (χ2v) is 6.42. The van der Waals surface area contributed by atoms with E-state index < -0.39 is 0 Å². The number of rotatable bonds is 8. The van der Waals surface area contributed by atoms with Gasteiger partial charge in [-0.1, -0.05) is 66.7 Å². The zero-order valence-electron chi connectivity index (χ0n) is 15.3. The molecule has 0 aliphatic rings. The van der Waals surface area contributed by atoms with Crippen LogP contribution in [0.5, 0.6) is 0 Å². The Bertz CT molecular complexity index is 767. The van der Waals surface area contributed by atoms with Gasteiger partial charge in [0.05, 0.1) is 0 Å². The molecule has 0 atom stereocenters. The summed E-state index contributed by atoms with van der Waals surface area (Å²) in [7, 11) is 0. The number of nitrogens with zero attached hydrogens (tertiary/aromatic N) is 1. The van der Waals surface area contributed by atoms with Crippen LogP contribution in [-0.4, -0.2) is 24.1 Å². The molecule has 0 saturated carbocycles.